The molecular weight excluding hydrogens is 1190 g/mol. The summed E-state index contributed by atoms with van der Waals surface area (Å²) < 4.78 is 68.1. The fourth-order valence-electron chi connectivity index (χ4n) is 10.8. The molecule has 0 saturated carbocycles. The molecule has 0 aromatic heterocycles. The van der Waals surface area contributed by atoms with Crippen molar-refractivity contribution in [2.24, 2.45) is 11.8 Å². The lowest BCUT2D eigenvalue weighted by Crippen LogP contribution is -2.30. The zero-order valence-electron chi connectivity index (χ0n) is 58.4. The van der Waals surface area contributed by atoms with Gasteiger partial charge in [-0.25, -0.2) is 9.13 Å². The first-order chi connectivity index (χ1) is 43.4. The van der Waals surface area contributed by atoms with Crippen molar-refractivity contribution >= 4 is 39.5 Å². The molecule has 0 saturated heterocycles. The standard InChI is InChI=1S/C71H138O17P2/c1-7-9-11-13-15-17-18-19-20-21-22-23-24-25-26-27-28-29-30-36-43-49-55-70(75)87-66(60-82-69(74)54-48-42-37-31-33-39-45-51-63(3)4)61-85-89(77,78)83-57-65(72)58-84-90(79,80)86-62-67(59-81-68(73)53-47-41-35-16-14-12-10-8-2)88-71(76)56-50-44-38-32-34-40-46-52-64(5)6/h63-67,72H,7-62H2,1-6H3,(H,77,78)(H,79,80)/t65-,66-,67-/m1/s1. The molecule has 2 unspecified atom stereocenters. The van der Waals surface area contributed by atoms with Crippen LogP contribution in [0.3, 0.4) is 0 Å². The number of aliphatic hydroxyl groups excluding tert-OH is 1. The number of carbonyl (C=O) groups excluding carboxylic acids is 4. The predicted molar refractivity (Wildman–Crippen MR) is 363 cm³/mol. The van der Waals surface area contributed by atoms with Crippen molar-refractivity contribution in [3.63, 3.8) is 0 Å². The van der Waals surface area contributed by atoms with Crippen LogP contribution in [0.5, 0.6) is 0 Å². The molecule has 0 aromatic carbocycles. The van der Waals surface area contributed by atoms with Gasteiger partial charge in [-0.1, -0.05) is 311 Å². The zero-order valence-corrected chi connectivity index (χ0v) is 60.2. The Kier molecular flexibility index (Phi) is 61.8. The molecule has 17 nitrogen and oxygen atoms in total. The topological polar surface area (TPSA) is 237 Å². The van der Waals surface area contributed by atoms with Gasteiger partial charge in [-0.2, -0.15) is 0 Å². The summed E-state index contributed by atoms with van der Waals surface area (Å²) in [5.74, 6) is -0.731. The first-order valence-electron chi connectivity index (χ1n) is 37.0. The SMILES string of the molecule is CCCCCCCCCCCCCCCCCCCCCCCCC(=O)O[C@H](COC(=O)CCCCCCCCCC(C)C)COP(=O)(O)OC[C@@H](O)COP(=O)(O)OC[C@@H](COC(=O)CCCCCCCCCC)OC(=O)CCCCCCCCCC(C)C. The van der Waals surface area contributed by atoms with E-state index >= 15 is 0 Å². The average Bonchev–Trinajstić information content (AvgIpc) is 3.08. The number of unbranched alkanes of at least 4 members (excludes halogenated alkanes) is 40. The zero-order chi connectivity index (χ0) is 66.5. The Labute approximate surface area is 549 Å². The summed E-state index contributed by atoms with van der Waals surface area (Å²) in [5.41, 5.74) is 0. The molecule has 19 heteroatoms. The van der Waals surface area contributed by atoms with Crippen molar-refractivity contribution in [3.8, 4) is 0 Å². The third-order valence-electron chi connectivity index (χ3n) is 16.5. The van der Waals surface area contributed by atoms with E-state index in [0.29, 0.717) is 37.5 Å². The number of hydrogen-bond donors (Lipinski definition) is 3. The lowest BCUT2D eigenvalue weighted by atomic mass is 10.0. The molecule has 0 spiro atoms. The second-order valence-corrected chi connectivity index (χ2v) is 29.5. The largest absolute Gasteiger partial charge is 0.472 e. The van der Waals surface area contributed by atoms with E-state index in [1.807, 2.05) is 0 Å². The Morgan fingerprint density at radius 1 is 0.300 bits per heavy atom. The van der Waals surface area contributed by atoms with E-state index in [4.69, 9.17) is 37.0 Å². The Morgan fingerprint density at radius 3 is 0.756 bits per heavy atom. The minimum absolute atomic E-state index is 0.103. The van der Waals surface area contributed by atoms with Crippen LogP contribution in [0.1, 0.15) is 363 Å². The van der Waals surface area contributed by atoms with Gasteiger partial charge in [0.15, 0.2) is 12.2 Å². The molecule has 0 rings (SSSR count). The maximum absolute atomic E-state index is 13.0. The summed E-state index contributed by atoms with van der Waals surface area (Å²) in [5, 5.41) is 10.6. The normalized spacial score (nSPS) is 14.1. The minimum atomic E-state index is -4.95. The number of carbonyl (C=O) groups is 4. The monoisotopic (exact) mass is 1320 g/mol. The van der Waals surface area contributed by atoms with Crippen LogP contribution in [0.4, 0.5) is 0 Å². The van der Waals surface area contributed by atoms with Crippen LogP contribution >= 0.6 is 15.6 Å². The van der Waals surface area contributed by atoms with Crippen LogP contribution in [0.25, 0.3) is 0 Å². The van der Waals surface area contributed by atoms with Crippen molar-refractivity contribution in [1.29, 1.82) is 0 Å². The molecule has 0 fully saturated rings. The summed E-state index contributed by atoms with van der Waals surface area (Å²) in [6.07, 6.45) is 49.1. The summed E-state index contributed by atoms with van der Waals surface area (Å²) in [7, 11) is -9.89. The van der Waals surface area contributed by atoms with Crippen LogP contribution in [0, 0.1) is 11.8 Å². The number of aliphatic hydroxyl groups is 1. The summed E-state index contributed by atoms with van der Waals surface area (Å²) in [6, 6.07) is 0. The molecule has 0 aromatic rings. The summed E-state index contributed by atoms with van der Waals surface area (Å²) >= 11 is 0. The summed E-state index contributed by atoms with van der Waals surface area (Å²) in [6.45, 7) is 9.40. The highest BCUT2D eigenvalue weighted by Gasteiger charge is 2.30. The van der Waals surface area contributed by atoms with E-state index in [-0.39, 0.29) is 25.7 Å². The van der Waals surface area contributed by atoms with E-state index in [2.05, 4.69) is 41.5 Å². The van der Waals surface area contributed by atoms with Gasteiger partial charge in [0.25, 0.3) is 0 Å². The van der Waals surface area contributed by atoms with Gasteiger partial charge in [-0.3, -0.25) is 37.3 Å². The van der Waals surface area contributed by atoms with E-state index in [9.17, 15) is 43.2 Å². The molecule has 3 N–H and O–H groups in total. The van der Waals surface area contributed by atoms with Crippen molar-refractivity contribution < 1.29 is 80.2 Å². The number of rotatable bonds is 70. The number of hydrogen-bond acceptors (Lipinski definition) is 15. The molecule has 0 amide bonds. The van der Waals surface area contributed by atoms with Gasteiger partial charge >= 0.3 is 39.5 Å². The Hall–Kier alpha value is -1.94. The van der Waals surface area contributed by atoms with Crippen molar-refractivity contribution in [2.75, 3.05) is 39.6 Å². The second kappa shape index (κ2) is 63.1. The quantitative estimate of drug-likeness (QED) is 0.0222. The number of esters is 4. The Bertz CT molecular complexity index is 1750. The first kappa shape index (κ1) is 88.1. The number of ether oxygens (including phenoxy) is 4. The van der Waals surface area contributed by atoms with Crippen LogP contribution in [0.15, 0.2) is 0 Å². The molecule has 0 heterocycles. The minimum Gasteiger partial charge on any atom is -0.462 e. The molecule has 0 aliphatic rings. The molecule has 0 radical (unpaired) electrons. The van der Waals surface area contributed by atoms with Crippen LogP contribution in [-0.4, -0.2) is 96.7 Å². The van der Waals surface area contributed by atoms with E-state index < -0.39 is 97.5 Å². The average molecular weight is 1330 g/mol. The highest BCUT2D eigenvalue weighted by molar-refractivity contribution is 7.47. The van der Waals surface area contributed by atoms with Gasteiger partial charge in [0.05, 0.1) is 26.4 Å². The summed E-state index contributed by atoms with van der Waals surface area (Å²) in [4.78, 5) is 72.4. The molecule has 0 aliphatic carbocycles. The van der Waals surface area contributed by atoms with Gasteiger partial charge in [0, 0.05) is 25.7 Å². The Balaban J connectivity index is 5.11. The van der Waals surface area contributed by atoms with E-state index in [0.717, 1.165) is 103 Å². The second-order valence-electron chi connectivity index (χ2n) is 26.6. The highest BCUT2D eigenvalue weighted by atomic mass is 31.2. The van der Waals surface area contributed by atoms with Crippen LogP contribution in [0.2, 0.25) is 0 Å². The molecule has 534 valence electrons. The maximum Gasteiger partial charge on any atom is 0.472 e. The number of phosphoric acid groups is 2. The first-order valence-corrected chi connectivity index (χ1v) is 40.0. The van der Waals surface area contributed by atoms with Gasteiger partial charge < -0.3 is 33.8 Å². The molecular formula is C71H138O17P2. The van der Waals surface area contributed by atoms with Gasteiger partial charge in [0.2, 0.25) is 0 Å². The Morgan fingerprint density at radius 2 is 0.511 bits per heavy atom. The lowest BCUT2D eigenvalue weighted by molar-refractivity contribution is -0.161. The number of phosphoric ester groups is 2. The van der Waals surface area contributed by atoms with Gasteiger partial charge in [0.1, 0.15) is 19.3 Å². The van der Waals surface area contributed by atoms with E-state index in [1.54, 1.807) is 0 Å². The smallest absolute Gasteiger partial charge is 0.462 e. The third kappa shape index (κ3) is 64.8. The van der Waals surface area contributed by atoms with Crippen LogP contribution < -0.4 is 0 Å². The maximum atomic E-state index is 13.0. The third-order valence-corrected chi connectivity index (χ3v) is 18.4. The van der Waals surface area contributed by atoms with Crippen molar-refractivity contribution in [3.05, 3.63) is 0 Å². The van der Waals surface area contributed by atoms with Crippen LogP contribution in [-0.2, 0) is 65.4 Å². The molecule has 0 bridgehead atoms. The molecule has 0 aliphatic heterocycles. The van der Waals surface area contributed by atoms with E-state index in [1.165, 1.54) is 167 Å². The van der Waals surface area contributed by atoms with Crippen molar-refractivity contribution in [1.82, 2.24) is 0 Å². The fraction of sp³-hybridized carbons (Fsp3) is 0.944. The molecule has 5 atom stereocenters. The fourth-order valence-corrected chi connectivity index (χ4v) is 12.3. The van der Waals surface area contributed by atoms with Gasteiger partial charge in [-0.15, -0.1) is 0 Å². The van der Waals surface area contributed by atoms with Gasteiger partial charge in [-0.05, 0) is 37.5 Å². The van der Waals surface area contributed by atoms with Crippen molar-refractivity contribution in [2.45, 2.75) is 381 Å². The lowest BCUT2D eigenvalue weighted by Gasteiger charge is -2.21. The predicted octanol–water partition coefficient (Wildman–Crippen LogP) is 20.4. The highest BCUT2D eigenvalue weighted by Crippen LogP contribution is 2.45. The molecule has 90 heavy (non-hydrogen) atoms.